The minimum atomic E-state index is -3.18. The van der Waals surface area contributed by atoms with Crippen LogP contribution in [0.5, 0.6) is 0 Å². The molecule has 0 radical (unpaired) electrons. The average molecular weight is 250 g/mol. The van der Waals surface area contributed by atoms with Crippen molar-refractivity contribution in [1.29, 1.82) is 0 Å². The molecule has 2 rings (SSSR count). The first kappa shape index (κ1) is 5.27. The second-order valence-electron chi connectivity index (χ2n) is 2.94. The highest BCUT2D eigenvalue weighted by Crippen LogP contribution is 2.19. The van der Waals surface area contributed by atoms with Crippen molar-refractivity contribution in [2.75, 3.05) is 31.0 Å². The van der Waals surface area contributed by atoms with E-state index in [4.69, 9.17) is 32.6 Å². The van der Waals surface area contributed by atoms with Crippen molar-refractivity contribution in [1.82, 2.24) is 0 Å². The number of benzene rings is 1. The molecule has 2 N–H and O–H groups in total. The van der Waals surface area contributed by atoms with Gasteiger partial charge >= 0.3 is 7.12 Å². The lowest BCUT2D eigenvalue weighted by Crippen LogP contribution is -2.37. The summed E-state index contributed by atoms with van der Waals surface area (Å²) in [6, 6.07) is 3.16. The summed E-state index contributed by atoms with van der Waals surface area (Å²) in [6.07, 6.45) is 0. The zero-order valence-corrected chi connectivity index (χ0v) is 8.69. The van der Waals surface area contributed by atoms with Crippen LogP contribution >= 0.6 is 11.6 Å². The fourth-order valence-corrected chi connectivity index (χ4v) is 1.46. The van der Waals surface area contributed by atoms with Crippen molar-refractivity contribution < 1.29 is 25.8 Å². The van der Waals surface area contributed by atoms with E-state index in [-0.39, 0.29) is 21.1 Å². The van der Waals surface area contributed by atoms with Gasteiger partial charge in [0.15, 0.2) is 0 Å². The highest BCUT2D eigenvalue weighted by molar-refractivity contribution is 6.62. The summed E-state index contributed by atoms with van der Waals surface area (Å²) < 4.78 is 66.5. The molecular formula is C10H13BClNO3. The van der Waals surface area contributed by atoms with Crippen LogP contribution in [0.1, 0.15) is 11.0 Å². The van der Waals surface area contributed by atoms with E-state index in [0.717, 1.165) is 18.2 Å². The molecule has 0 aliphatic carbocycles. The lowest BCUT2D eigenvalue weighted by atomic mass is 9.80. The summed E-state index contributed by atoms with van der Waals surface area (Å²) in [5.41, 5.74) is -0.420. The number of morpholine rings is 1. The Labute approximate surface area is 111 Å². The quantitative estimate of drug-likeness (QED) is 0.716. The molecule has 0 aromatic heterocycles. The van der Waals surface area contributed by atoms with Crippen LogP contribution in [0, 0.1) is 0 Å². The Bertz CT molecular complexity index is 633. The summed E-state index contributed by atoms with van der Waals surface area (Å²) in [4.78, 5) is 0.253. The molecule has 1 fully saturated rings. The average Bonchev–Trinajstić information content (AvgIpc) is 2.34. The van der Waals surface area contributed by atoms with Crippen LogP contribution in [0.15, 0.2) is 18.2 Å². The maximum Gasteiger partial charge on any atom is 0.489 e. The van der Waals surface area contributed by atoms with Crippen LogP contribution in [-0.4, -0.2) is 43.3 Å². The van der Waals surface area contributed by atoms with Crippen LogP contribution in [0.25, 0.3) is 0 Å². The Morgan fingerprint density at radius 2 is 2.06 bits per heavy atom. The van der Waals surface area contributed by atoms with Gasteiger partial charge < -0.3 is 19.7 Å². The van der Waals surface area contributed by atoms with E-state index >= 15 is 0 Å². The van der Waals surface area contributed by atoms with Crippen molar-refractivity contribution in [3.8, 4) is 0 Å². The van der Waals surface area contributed by atoms with E-state index in [0.29, 0.717) is 0 Å². The summed E-state index contributed by atoms with van der Waals surface area (Å²) in [7, 11) is -1.91. The number of anilines is 1. The van der Waals surface area contributed by atoms with Crippen LogP contribution in [0.4, 0.5) is 5.69 Å². The Morgan fingerprint density at radius 1 is 1.38 bits per heavy atom. The third-order valence-corrected chi connectivity index (χ3v) is 2.26. The zero-order valence-electron chi connectivity index (χ0n) is 15.9. The number of hydrogen-bond acceptors (Lipinski definition) is 4. The number of halogens is 1. The number of ether oxygens (including phenoxy) is 1. The minimum Gasteiger partial charge on any atom is -0.423 e. The van der Waals surface area contributed by atoms with Crippen molar-refractivity contribution in [2.24, 2.45) is 0 Å². The zero-order chi connectivity index (χ0) is 18.7. The summed E-state index contributed by atoms with van der Waals surface area (Å²) >= 11 is 5.86. The maximum absolute atomic E-state index is 9.15. The molecule has 1 aliphatic heterocycles. The van der Waals surface area contributed by atoms with Gasteiger partial charge in [0.05, 0.1) is 24.1 Å². The molecule has 0 saturated carbocycles. The van der Waals surface area contributed by atoms with Crippen molar-refractivity contribution in [3.05, 3.63) is 23.2 Å². The molecule has 6 heteroatoms. The predicted octanol–water partition coefficient (Wildman–Crippen LogP) is -0.144. The summed E-state index contributed by atoms with van der Waals surface area (Å²) in [5.74, 6) is 0. The molecule has 0 amide bonds. The highest BCUT2D eigenvalue weighted by Gasteiger charge is 2.17. The molecule has 1 aromatic carbocycles. The van der Waals surface area contributed by atoms with E-state index in [1.165, 1.54) is 0 Å². The molecule has 1 aromatic rings. The second-order valence-corrected chi connectivity index (χ2v) is 3.35. The van der Waals surface area contributed by atoms with Gasteiger partial charge in [-0.25, -0.2) is 0 Å². The van der Waals surface area contributed by atoms with Gasteiger partial charge in [-0.05, 0) is 12.1 Å². The Morgan fingerprint density at radius 3 is 2.62 bits per heavy atom. The van der Waals surface area contributed by atoms with Gasteiger partial charge in [0.1, 0.15) is 0 Å². The molecule has 1 saturated heterocycles. The predicted molar refractivity (Wildman–Crippen MR) is 64.3 cm³/mol. The number of hydrogen-bond donors (Lipinski definition) is 2. The molecule has 1 aliphatic rings. The van der Waals surface area contributed by atoms with Gasteiger partial charge in [-0.15, -0.1) is 0 Å². The monoisotopic (exact) mass is 249 g/mol. The van der Waals surface area contributed by atoms with Crippen molar-refractivity contribution in [3.63, 3.8) is 0 Å². The Hall–Kier alpha value is -0.745. The van der Waals surface area contributed by atoms with Crippen LogP contribution < -0.4 is 10.4 Å². The van der Waals surface area contributed by atoms with E-state index in [1.807, 2.05) is 0 Å². The topological polar surface area (TPSA) is 52.9 Å². The standard InChI is InChI=1S/C10H13BClNO3/c12-10-7-8(1-2-9(10)11(14)15)13-3-5-16-6-4-13/h1-2,7,14-15H,3-6H2/i3D2,4D2,5D2,6D2. The molecule has 0 atom stereocenters. The van der Waals surface area contributed by atoms with Crippen LogP contribution in [0.3, 0.4) is 0 Å². The van der Waals surface area contributed by atoms with Crippen molar-refractivity contribution >= 4 is 29.9 Å². The largest absolute Gasteiger partial charge is 0.489 e. The van der Waals surface area contributed by atoms with E-state index in [2.05, 4.69) is 4.74 Å². The fraction of sp³-hybridized carbons (Fsp3) is 0.400. The van der Waals surface area contributed by atoms with Gasteiger partial charge in [-0.3, -0.25) is 0 Å². The molecule has 86 valence electrons. The molecule has 0 unspecified atom stereocenters. The lowest BCUT2D eigenvalue weighted by Gasteiger charge is -2.29. The molecule has 0 bridgehead atoms. The third-order valence-electron chi connectivity index (χ3n) is 1.94. The van der Waals surface area contributed by atoms with E-state index < -0.39 is 33.2 Å². The molecule has 1 heterocycles. The van der Waals surface area contributed by atoms with Crippen LogP contribution in [0.2, 0.25) is 5.02 Å². The summed E-state index contributed by atoms with van der Waals surface area (Å²) in [6.45, 7) is -12.5. The first-order valence-corrected chi connectivity index (χ1v) is 4.69. The third kappa shape index (κ3) is 2.49. The molecule has 4 nitrogen and oxygen atoms in total. The molecular weight excluding hydrogens is 228 g/mol. The smallest absolute Gasteiger partial charge is 0.423 e. The van der Waals surface area contributed by atoms with Gasteiger partial charge in [0.25, 0.3) is 0 Å². The van der Waals surface area contributed by atoms with Gasteiger partial charge in [-0.2, -0.15) is 0 Å². The summed E-state index contributed by atoms with van der Waals surface area (Å²) in [5, 5.41) is 18.1. The molecule has 16 heavy (non-hydrogen) atoms. The van der Waals surface area contributed by atoms with Crippen LogP contribution in [-0.2, 0) is 4.74 Å². The SMILES string of the molecule is [2H]C1([2H])OC([2H])([2H])C([2H])([2H])N(c2ccc(B(O)O)c(Cl)c2)C1([2H])[2H]. The van der Waals surface area contributed by atoms with Gasteiger partial charge in [0.2, 0.25) is 0 Å². The van der Waals surface area contributed by atoms with E-state index in [9.17, 15) is 0 Å². The Kier molecular flexibility index (Phi) is 1.67. The number of rotatable bonds is 2. The van der Waals surface area contributed by atoms with Crippen molar-refractivity contribution in [2.45, 2.75) is 0 Å². The first-order valence-electron chi connectivity index (χ1n) is 8.31. The second kappa shape index (κ2) is 5.06. The van der Waals surface area contributed by atoms with Gasteiger partial charge in [-0.1, -0.05) is 17.7 Å². The van der Waals surface area contributed by atoms with Gasteiger partial charge in [0, 0.05) is 29.2 Å². The molecule has 0 spiro atoms. The first-order chi connectivity index (χ1) is 10.6. The highest BCUT2D eigenvalue weighted by atomic mass is 35.5. The fourth-order valence-electron chi connectivity index (χ4n) is 1.18. The minimum absolute atomic E-state index is 0.124. The maximum atomic E-state index is 9.15. The van der Waals surface area contributed by atoms with E-state index in [1.54, 1.807) is 0 Å². The number of nitrogens with zero attached hydrogens (tertiary/aromatic N) is 1. The lowest BCUT2D eigenvalue weighted by molar-refractivity contribution is 0.122. The Balaban J connectivity index is 2.66. The normalized spacial score (nSPS) is 36.3.